The number of alkyl halides is 2. The second-order valence-corrected chi connectivity index (χ2v) is 10.4. The Morgan fingerprint density at radius 1 is 1.05 bits per heavy atom. The van der Waals surface area contributed by atoms with E-state index in [2.05, 4.69) is 31.1 Å². The Balaban J connectivity index is 1.41. The van der Waals surface area contributed by atoms with Crippen molar-refractivity contribution in [1.29, 1.82) is 0 Å². The number of amides is 1. The molecule has 3 aromatic carbocycles. The van der Waals surface area contributed by atoms with Crippen molar-refractivity contribution in [2.75, 3.05) is 48.7 Å². The van der Waals surface area contributed by atoms with Crippen molar-refractivity contribution in [3.05, 3.63) is 81.8 Å². The van der Waals surface area contributed by atoms with E-state index in [-0.39, 0.29) is 25.0 Å². The Morgan fingerprint density at radius 2 is 1.72 bits per heavy atom. The summed E-state index contributed by atoms with van der Waals surface area (Å²) in [5.41, 5.74) is 7.23. The van der Waals surface area contributed by atoms with Crippen LogP contribution in [0, 0.1) is 0 Å². The number of carbonyl (C=O) groups is 1. The normalized spacial score (nSPS) is 15.2. The van der Waals surface area contributed by atoms with Crippen molar-refractivity contribution in [1.82, 2.24) is 4.90 Å². The summed E-state index contributed by atoms with van der Waals surface area (Å²) < 4.78 is 45.8. The van der Waals surface area contributed by atoms with Gasteiger partial charge >= 0.3 is 6.11 Å². The van der Waals surface area contributed by atoms with Gasteiger partial charge in [0.2, 0.25) is 5.91 Å². The molecule has 1 unspecified atom stereocenters. The third-order valence-corrected chi connectivity index (χ3v) is 7.30. The van der Waals surface area contributed by atoms with E-state index in [1.807, 2.05) is 4.90 Å². The number of nitrogens with zero attached hydrogens (tertiary/aromatic N) is 2. The number of benzene rings is 3. The van der Waals surface area contributed by atoms with Gasteiger partial charge in [-0.1, -0.05) is 11.6 Å². The van der Waals surface area contributed by atoms with Gasteiger partial charge in [0.1, 0.15) is 12.4 Å². The maximum Gasteiger partial charge on any atom is 0.413 e. The van der Waals surface area contributed by atoms with Crippen LogP contribution in [0.25, 0.3) is 0 Å². The van der Waals surface area contributed by atoms with Gasteiger partial charge in [0.15, 0.2) is 0 Å². The van der Waals surface area contributed by atoms with Gasteiger partial charge in [-0.3, -0.25) is 9.69 Å². The molecule has 1 fully saturated rings. The highest BCUT2D eigenvalue weighted by Crippen LogP contribution is 2.31. The average molecular weight is 628 g/mol. The number of nitrogen functional groups attached to an aromatic ring is 1. The van der Waals surface area contributed by atoms with Gasteiger partial charge < -0.3 is 20.7 Å². The molecule has 1 saturated heterocycles. The summed E-state index contributed by atoms with van der Waals surface area (Å²) in [5, 5.41) is 3.47. The summed E-state index contributed by atoms with van der Waals surface area (Å²) in [6, 6.07) is 17.2. The van der Waals surface area contributed by atoms with Crippen LogP contribution in [0.3, 0.4) is 0 Å². The average Bonchev–Trinajstić information content (AvgIpc) is 2.93. The predicted octanol–water partition coefficient (Wildman–Crippen LogP) is 6.23. The van der Waals surface area contributed by atoms with E-state index in [0.717, 1.165) is 17.8 Å². The minimum Gasteiger partial charge on any atom is -0.491 e. The second kappa shape index (κ2) is 12.9. The third kappa shape index (κ3) is 7.78. The Labute approximate surface area is 237 Å². The van der Waals surface area contributed by atoms with E-state index in [1.165, 1.54) is 12.1 Å². The number of nitrogens with one attached hydrogen (secondary N) is 1. The number of piperazine rings is 1. The molecule has 1 aliphatic heterocycles. The quantitative estimate of drug-likeness (QED) is 0.260. The summed E-state index contributed by atoms with van der Waals surface area (Å²) in [7, 11) is 0. The number of nitrogens with two attached hydrogens (primary N) is 1. The van der Waals surface area contributed by atoms with E-state index in [4.69, 9.17) is 22.1 Å². The van der Waals surface area contributed by atoms with Crippen LogP contribution in [0.4, 0.5) is 30.4 Å². The highest BCUT2D eigenvalue weighted by molar-refractivity contribution is 9.10. The van der Waals surface area contributed by atoms with E-state index < -0.39 is 11.7 Å². The van der Waals surface area contributed by atoms with E-state index in [1.54, 1.807) is 42.5 Å². The molecule has 3 N–H and O–H groups in total. The van der Waals surface area contributed by atoms with Gasteiger partial charge in [0.05, 0.1) is 16.1 Å². The standard InChI is InChI=1S/C27H27BrClF3N4O3/c28-24-15-20(33)5-10-25(24)38-17-23(16-26(37)34-21-6-3-19(29)4-7-21)36-13-11-35(12-14-36)22-8-1-18(2-9-22)27(30,31)39-32/h1-10,15,23H,11-14,16-17,33H2,(H,34,37). The first kappa shape index (κ1) is 29.0. The van der Waals surface area contributed by atoms with Crippen LogP contribution < -0.4 is 20.7 Å². The second-order valence-electron chi connectivity index (χ2n) is 9.08. The molecule has 0 aliphatic carbocycles. The topological polar surface area (TPSA) is 80.1 Å². The minimum absolute atomic E-state index is 0.170. The smallest absolute Gasteiger partial charge is 0.413 e. The molecule has 1 aliphatic rings. The molecule has 1 heterocycles. The molecule has 0 spiro atoms. The number of anilines is 3. The number of carbonyl (C=O) groups excluding carboxylic acids is 1. The number of hydrogen-bond donors (Lipinski definition) is 2. The number of rotatable bonds is 10. The lowest BCUT2D eigenvalue weighted by molar-refractivity contribution is -0.364. The van der Waals surface area contributed by atoms with E-state index in [9.17, 15) is 18.1 Å². The van der Waals surface area contributed by atoms with Crippen LogP contribution in [0.1, 0.15) is 12.0 Å². The molecular formula is C27H27BrClF3N4O3. The number of ether oxygens (including phenoxy) is 1. The van der Waals surface area contributed by atoms with Crippen molar-refractivity contribution in [2.45, 2.75) is 18.6 Å². The summed E-state index contributed by atoms with van der Waals surface area (Å²) in [6.07, 6.45) is -3.81. The maximum atomic E-state index is 13.4. The molecule has 0 bridgehead atoms. The van der Waals surface area contributed by atoms with Crippen LogP contribution >= 0.6 is 27.5 Å². The number of halogens is 5. The first-order valence-electron chi connectivity index (χ1n) is 12.1. The maximum absolute atomic E-state index is 13.4. The Morgan fingerprint density at radius 3 is 2.33 bits per heavy atom. The van der Waals surface area contributed by atoms with E-state index in [0.29, 0.717) is 52.8 Å². The minimum atomic E-state index is -3.99. The first-order chi connectivity index (χ1) is 18.6. The van der Waals surface area contributed by atoms with Crippen LogP contribution in [0.5, 0.6) is 5.75 Å². The van der Waals surface area contributed by atoms with Gasteiger partial charge in [-0.05, 0) is 87.2 Å². The fourth-order valence-corrected chi connectivity index (χ4v) is 4.97. The largest absolute Gasteiger partial charge is 0.491 e. The summed E-state index contributed by atoms with van der Waals surface area (Å²) in [4.78, 5) is 19.9. The number of hydrogen-bond acceptors (Lipinski definition) is 6. The monoisotopic (exact) mass is 626 g/mol. The lowest BCUT2D eigenvalue weighted by Gasteiger charge is -2.40. The molecule has 208 valence electrons. The molecule has 0 saturated carbocycles. The van der Waals surface area contributed by atoms with Crippen LogP contribution in [0.15, 0.2) is 71.2 Å². The van der Waals surface area contributed by atoms with Gasteiger partial charge in [0.25, 0.3) is 0 Å². The molecule has 39 heavy (non-hydrogen) atoms. The first-order valence-corrected chi connectivity index (χ1v) is 13.3. The van der Waals surface area contributed by atoms with Gasteiger partial charge in [-0.2, -0.15) is 8.78 Å². The zero-order valence-electron chi connectivity index (χ0n) is 20.8. The van der Waals surface area contributed by atoms with Gasteiger partial charge in [-0.25, -0.2) is 0 Å². The molecule has 1 atom stereocenters. The zero-order valence-corrected chi connectivity index (χ0v) is 23.1. The van der Waals surface area contributed by atoms with Gasteiger partial charge in [-0.15, -0.1) is 4.94 Å². The van der Waals surface area contributed by atoms with Crippen molar-refractivity contribution >= 4 is 50.5 Å². The lowest BCUT2D eigenvalue weighted by atomic mass is 10.1. The molecule has 12 heteroatoms. The molecule has 0 aromatic heterocycles. The molecule has 0 radical (unpaired) electrons. The third-order valence-electron chi connectivity index (χ3n) is 6.43. The molecule has 4 rings (SSSR count). The molecular weight excluding hydrogens is 601 g/mol. The molecule has 1 amide bonds. The lowest BCUT2D eigenvalue weighted by Crippen LogP contribution is -2.52. The highest BCUT2D eigenvalue weighted by atomic mass is 79.9. The molecule has 3 aromatic rings. The summed E-state index contributed by atoms with van der Waals surface area (Å²) in [6.45, 7) is 2.66. The van der Waals surface area contributed by atoms with Crippen LogP contribution in [-0.2, 0) is 15.8 Å². The van der Waals surface area contributed by atoms with Crippen LogP contribution in [0.2, 0.25) is 5.02 Å². The molecule has 7 nitrogen and oxygen atoms in total. The van der Waals surface area contributed by atoms with Crippen molar-refractivity contribution < 1.29 is 27.8 Å². The Kier molecular flexibility index (Phi) is 9.60. The van der Waals surface area contributed by atoms with Crippen molar-refractivity contribution in [3.8, 4) is 5.75 Å². The van der Waals surface area contributed by atoms with E-state index >= 15 is 0 Å². The zero-order chi connectivity index (χ0) is 28.0. The van der Waals surface area contributed by atoms with Gasteiger partial charge in [0, 0.05) is 54.7 Å². The highest BCUT2D eigenvalue weighted by Gasteiger charge is 2.34. The van der Waals surface area contributed by atoms with Crippen molar-refractivity contribution in [3.63, 3.8) is 0 Å². The SMILES string of the molecule is Nc1ccc(OCC(CC(=O)Nc2ccc(Cl)cc2)N2CCN(c3ccc(C(F)(F)OF)cc3)CC2)c(Br)c1. The summed E-state index contributed by atoms with van der Waals surface area (Å²) >= 11 is 9.40. The summed E-state index contributed by atoms with van der Waals surface area (Å²) in [5.74, 6) is 0.441. The predicted molar refractivity (Wildman–Crippen MR) is 149 cm³/mol. The Hall–Kier alpha value is -2.99. The fraction of sp³-hybridized carbons (Fsp3) is 0.296. The van der Waals surface area contributed by atoms with Crippen molar-refractivity contribution in [2.24, 2.45) is 0 Å². The Bertz CT molecular complexity index is 1260. The fourth-order valence-electron chi connectivity index (χ4n) is 4.33. The van der Waals surface area contributed by atoms with Crippen LogP contribution in [-0.4, -0.2) is 49.6 Å².